The zero-order chi connectivity index (χ0) is 17.2. The van der Waals surface area contributed by atoms with Crippen LogP contribution in [0, 0.1) is 5.21 Å². The van der Waals surface area contributed by atoms with Gasteiger partial charge in [0.25, 0.3) is 6.79 Å². The quantitative estimate of drug-likeness (QED) is 0.182. The Morgan fingerprint density at radius 3 is 2.61 bits per heavy atom. The smallest absolute Gasteiger partial charge is 0.332 e. The van der Waals surface area contributed by atoms with E-state index in [9.17, 15) is 19.9 Å². The van der Waals surface area contributed by atoms with Crippen LogP contribution in [-0.4, -0.2) is 46.9 Å². The van der Waals surface area contributed by atoms with Crippen LogP contribution in [0.5, 0.6) is 0 Å². The fourth-order valence-corrected chi connectivity index (χ4v) is 1.66. The maximum Gasteiger partial charge on any atom is 0.332 e. The molecule has 1 atom stereocenters. The number of carbonyl (C=O) groups excluding carboxylic acids is 1. The van der Waals surface area contributed by atoms with E-state index in [2.05, 4.69) is 14.9 Å². The summed E-state index contributed by atoms with van der Waals surface area (Å²) in [7, 11) is 1.28. The number of carboxylic acids is 1. The summed E-state index contributed by atoms with van der Waals surface area (Å²) < 4.78 is 4.57. The van der Waals surface area contributed by atoms with E-state index in [-0.39, 0.29) is 17.8 Å². The standard InChI is InChI=1S/C14H19N3O6/c1-3-13(18)22-10-23-15-17(21)16(2)12(14(19)20)9-11-7-5-4-6-8-11/h4-8,12H,3,9-10H2,1-2H3,(H,19,20)/b17-15-/t12-/m0/s1. The summed E-state index contributed by atoms with van der Waals surface area (Å²) in [6, 6.07) is 7.76. The molecule has 0 saturated heterocycles. The lowest BCUT2D eigenvalue weighted by Crippen LogP contribution is -2.44. The molecule has 0 aromatic heterocycles. The summed E-state index contributed by atoms with van der Waals surface area (Å²) in [6.45, 7) is 1.09. The second-order valence-electron chi connectivity index (χ2n) is 4.57. The molecule has 0 spiro atoms. The van der Waals surface area contributed by atoms with Gasteiger partial charge in [-0.05, 0) is 5.56 Å². The Hall–Kier alpha value is -2.84. The van der Waals surface area contributed by atoms with Crippen molar-refractivity contribution in [1.82, 2.24) is 5.01 Å². The van der Waals surface area contributed by atoms with Gasteiger partial charge >= 0.3 is 11.9 Å². The number of nitrogens with zero attached hydrogens (tertiary/aromatic N) is 3. The molecule has 1 rings (SSSR count). The molecule has 9 heteroatoms. The third kappa shape index (κ3) is 6.20. The van der Waals surface area contributed by atoms with Crippen LogP contribution in [0.25, 0.3) is 0 Å². The zero-order valence-corrected chi connectivity index (χ0v) is 12.9. The molecule has 126 valence electrons. The molecule has 1 aromatic rings. The number of hydrogen-bond acceptors (Lipinski definition) is 6. The van der Waals surface area contributed by atoms with Crippen LogP contribution < -0.4 is 0 Å². The van der Waals surface area contributed by atoms with Crippen molar-refractivity contribution >= 4 is 11.9 Å². The largest absolute Gasteiger partial charge is 0.569 e. The normalized spacial score (nSPS) is 12.3. The number of ether oxygens (including phenoxy) is 1. The Labute approximate surface area is 133 Å². The molecule has 0 amide bonds. The monoisotopic (exact) mass is 325 g/mol. The van der Waals surface area contributed by atoms with Gasteiger partial charge in [0.1, 0.15) is 0 Å². The molecular weight excluding hydrogens is 306 g/mol. The predicted octanol–water partition coefficient (Wildman–Crippen LogP) is 1.33. The van der Waals surface area contributed by atoms with Crippen molar-refractivity contribution in [2.24, 2.45) is 5.28 Å². The maximum absolute atomic E-state index is 11.7. The van der Waals surface area contributed by atoms with Crippen molar-refractivity contribution in [3.63, 3.8) is 0 Å². The Balaban J connectivity index is 2.63. The highest BCUT2D eigenvalue weighted by atomic mass is 16.8. The molecule has 0 unspecified atom stereocenters. The maximum atomic E-state index is 11.7. The molecule has 0 aliphatic carbocycles. The SMILES string of the molecule is CCC(=O)OCO/N=[N+](\[O-])N(C)[C@@H](Cc1ccccc1)C(=O)O. The molecule has 0 heterocycles. The average molecular weight is 325 g/mol. The number of carboxylic acid groups (broad SMARTS) is 1. The van der Waals surface area contributed by atoms with Gasteiger partial charge in [-0.1, -0.05) is 37.3 Å². The summed E-state index contributed by atoms with van der Waals surface area (Å²) in [5.74, 6) is -1.68. The van der Waals surface area contributed by atoms with E-state index in [1.807, 2.05) is 6.07 Å². The van der Waals surface area contributed by atoms with E-state index < -0.39 is 24.8 Å². The first-order chi connectivity index (χ1) is 11.0. The number of aliphatic carboxylic acids is 1. The van der Waals surface area contributed by atoms with Crippen molar-refractivity contribution in [2.75, 3.05) is 13.8 Å². The van der Waals surface area contributed by atoms with Gasteiger partial charge in [0, 0.05) is 12.8 Å². The lowest BCUT2D eigenvalue weighted by molar-refractivity contribution is -0.711. The van der Waals surface area contributed by atoms with E-state index >= 15 is 0 Å². The first-order valence-electron chi connectivity index (χ1n) is 6.91. The van der Waals surface area contributed by atoms with Crippen LogP contribution in [0.4, 0.5) is 0 Å². The Morgan fingerprint density at radius 1 is 1.39 bits per heavy atom. The first-order valence-corrected chi connectivity index (χ1v) is 6.91. The van der Waals surface area contributed by atoms with Gasteiger partial charge < -0.3 is 19.9 Å². The van der Waals surface area contributed by atoms with Crippen LogP contribution in [0.15, 0.2) is 35.6 Å². The number of carbonyl (C=O) groups is 2. The van der Waals surface area contributed by atoms with Crippen LogP contribution in [0.3, 0.4) is 0 Å². The second-order valence-corrected chi connectivity index (χ2v) is 4.57. The minimum atomic E-state index is -1.18. The molecule has 0 aliphatic heterocycles. The van der Waals surface area contributed by atoms with E-state index in [1.54, 1.807) is 31.2 Å². The molecule has 23 heavy (non-hydrogen) atoms. The number of benzene rings is 1. The summed E-state index contributed by atoms with van der Waals surface area (Å²) in [4.78, 5) is 26.7. The van der Waals surface area contributed by atoms with Crippen molar-refractivity contribution in [3.05, 3.63) is 41.1 Å². The molecule has 0 aliphatic rings. The number of hydrazine groups is 1. The number of rotatable bonds is 9. The average Bonchev–Trinajstić information content (AvgIpc) is 2.56. The fourth-order valence-electron chi connectivity index (χ4n) is 1.66. The molecule has 0 radical (unpaired) electrons. The second kappa shape index (κ2) is 9.23. The zero-order valence-electron chi connectivity index (χ0n) is 12.9. The van der Waals surface area contributed by atoms with Gasteiger partial charge in [-0.15, -0.1) is 5.01 Å². The van der Waals surface area contributed by atoms with E-state index in [0.717, 1.165) is 10.6 Å². The highest BCUT2D eigenvalue weighted by molar-refractivity contribution is 5.73. The lowest BCUT2D eigenvalue weighted by Gasteiger charge is -2.20. The van der Waals surface area contributed by atoms with Crippen molar-refractivity contribution in [2.45, 2.75) is 25.8 Å². The number of likely N-dealkylation sites (N-methyl/N-ethyl adjacent to an activating group) is 1. The number of hydrogen-bond donors (Lipinski definition) is 1. The van der Waals surface area contributed by atoms with Crippen LogP contribution >= 0.6 is 0 Å². The van der Waals surface area contributed by atoms with Gasteiger partial charge in [0.2, 0.25) is 5.28 Å². The van der Waals surface area contributed by atoms with Crippen molar-refractivity contribution in [3.8, 4) is 0 Å². The fraction of sp³-hybridized carbons (Fsp3) is 0.429. The van der Waals surface area contributed by atoms with E-state index in [0.29, 0.717) is 0 Å². The molecule has 9 nitrogen and oxygen atoms in total. The third-order valence-corrected chi connectivity index (χ3v) is 2.97. The minimum absolute atomic E-state index is 0.00150. The Bertz CT molecular complexity index is 549. The Morgan fingerprint density at radius 2 is 2.04 bits per heavy atom. The summed E-state index contributed by atoms with van der Waals surface area (Å²) in [5, 5.41) is 25.0. The van der Waals surface area contributed by atoms with E-state index in [1.165, 1.54) is 7.05 Å². The van der Waals surface area contributed by atoms with Gasteiger partial charge in [0.05, 0.1) is 12.0 Å². The van der Waals surface area contributed by atoms with Crippen molar-refractivity contribution < 1.29 is 29.2 Å². The summed E-state index contributed by atoms with van der Waals surface area (Å²) in [5.41, 5.74) is 0.762. The summed E-state index contributed by atoms with van der Waals surface area (Å²) >= 11 is 0. The lowest BCUT2D eigenvalue weighted by atomic mass is 10.1. The van der Waals surface area contributed by atoms with Gasteiger partial charge in [0.15, 0.2) is 6.04 Å². The molecule has 0 fully saturated rings. The van der Waals surface area contributed by atoms with Crippen LogP contribution in [0.1, 0.15) is 18.9 Å². The molecule has 0 bridgehead atoms. The molecule has 0 saturated carbocycles. The topological polar surface area (TPSA) is 114 Å². The van der Waals surface area contributed by atoms with Gasteiger partial charge in [-0.25, -0.2) is 4.79 Å². The highest BCUT2D eigenvalue weighted by Gasteiger charge is 2.29. The summed E-state index contributed by atoms with van der Waals surface area (Å²) in [6.07, 6.45) is 0.286. The number of esters is 1. The van der Waals surface area contributed by atoms with Gasteiger partial charge in [-0.3, -0.25) is 4.79 Å². The highest BCUT2D eigenvalue weighted by Crippen LogP contribution is 2.09. The Kier molecular flexibility index (Phi) is 7.31. The molecule has 1 aromatic carbocycles. The van der Waals surface area contributed by atoms with Crippen LogP contribution in [0.2, 0.25) is 0 Å². The molecular formula is C14H19N3O6. The predicted molar refractivity (Wildman–Crippen MR) is 77.7 cm³/mol. The van der Waals surface area contributed by atoms with Crippen LogP contribution in [-0.2, 0) is 25.6 Å². The third-order valence-electron chi connectivity index (χ3n) is 2.97. The van der Waals surface area contributed by atoms with Gasteiger partial charge in [-0.2, -0.15) is 0 Å². The molecule has 1 N–H and O–H groups in total. The van der Waals surface area contributed by atoms with Crippen molar-refractivity contribution in [1.29, 1.82) is 0 Å². The van der Waals surface area contributed by atoms with E-state index in [4.69, 9.17) is 0 Å². The first kappa shape index (κ1) is 18.2. The minimum Gasteiger partial charge on any atom is -0.569 e.